The largest absolute Gasteiger partial charge is 0.455 e. The van der Waals surface area contributed by atoms with E-state index in [1.165, 1.54) is 4.90 Å². The first-order valence-electron chi connectivity index (χ1n) is 8.84. The minimum Gasteiger partial charge on any atom is -0.455 e. The number of rotatable bonds is 5. The Balaban J connectivity index is 1.50. The zero-order chi connectivity index (χ0) is 20.3. The van der Waals surface area contributed by atoms with E-state index in [1.807, 2.05) is 31.2 Å². The van der Waals surface area contributed by atoms with Crippen molar-refractivity contribution in [2.45, 2.75) is 13.3 Å². The summed E-state index contributed by atoms with van der Waals surface area (Å²) in [6.07, 6.45) is 1.70. The van der Waals surface area contributed by atoms with Crippen LogP contribution >= 0.6 is 0 Å². The van der Waals surface area contributed by atoms with Crippen LogP contribution in [0.5, 0.6) is 0 Å². The van der Waals surface area contributed by atoms with Gasteiger partial charge in [0.1, 0.15) is 5.69 Å². The van der Waals surface area contributed by atoms with E-state index >= 15 is 0 Å². The molecule has 1 aromatic carbocycles. The highest BCUT2D eigenvalue weighted by atomic mass is 16.5. The summed E-state index contributed by atoms with van der Waals surface area (Å²) in [5.74, 6) is -2.75. The number of aromatic nitrogens is 1. The minimum atomic E-state index is -0.723. The van der Waals surface area contributed by atoms with E-state index in [1.54, 1.807) is 29.9 Å². The lowest BCUT2D eigenvalue weighted by Gasteiger charge is -2.16. The quantitative estimate of drug-likeness (QED) is 0.782. The molecule has 8 nitrogen and oxygen atoms in total. The van der Waals surface area contributed by atoms with Crippen molar-refractivity contribution in [3.8, 4) is 0 Å². The third-order valence-corrected chi connectivity index (χ3v) is 4.58. The lowest BCUT2D eigenvalue weighted by molar-refractivity contribution is -0.152. The number of esters is 1. The first kappa shape index (κ1) is 19.3. The summed E-state index contributed by atoms with van der Waals surface area (Å²) in [5, 5.41) is 2.16. The molecule has 2 heterocycles. The number of nitrogens with one attached hydrogen (secondary N) is 1. The van der Waals surface area contributed by atoms with Gasteiger partial charge in [-0.15, -0.1) is 0 Å². The lowest BCUT2D eigenvalue weighted by Crippen LogP contribution is -2.36. The van der Waals surface area contributed by atoms with Crippen molar-refractivity contribution in [3.05, 3.63) is 53.9 Å². The van der Waals surface area contributed by atoms with Gasteiger partial charge >= 0.3 is 5.97 Å². The van der Waals surface area contributed by atoms with Gasteiger partial charge in [0.25, 0.3) is 11.8 Å². The van der Waals surface area contributed by atoms with E-state index in [-0.39, 0.29) is 18.9 Å². The van der Waals surface area contributed by atoms with Crippen LogP contribution in [0.1, 0.15) is 22.5 Å². The van der Waals surface area contributed by atoms with Crippen LogP contribution in [0, 0.1) is 12.8 Å². The molecule has 3 amide bonds. The molecular formula is C20H21N3O5. The zero-order valence-corrected chi connectivity index (χ0v) is 15.7. The van der Waals surface area contributed by atoms with Crippen molar-refractivity contribution in [2.24, 2.45) is 13.0 Å². The van der Waals surface area contributed by atoms with Crippen molar-refractivity contribution < 1.29 is 23.9 Å². The second-order valence-electron chi connectivity index (χ2n) is 6.73. The van der Waals surface area contributed by atoms with Gasteiger partial charge in [-0.3, -0.25) is 24.5 Å². The Morgan fingerprint density at radius 1 is 1.18 bits per heavy atom. The molecule has 1 aliphatic heterocycles. The molecular weight excluding hydrogens is 362 g/mol. The van der Waals surface area contributed by atoms with Gasteiger partial charge in [-0.2, -0.15) is 0 Å². The molecule has 146 valence electrons. The van der Waals surface area contributed by atoms with Gasteiger partial charge in [-0.25, -0.2) is 0 Å². The van der Waals surface area contributed by atoms with E-state index in [9.17, 15) is 19.2 Å². The Morgan fingerprint density at radius 2 is 1.89 bits per heavy atom. The highest BCUT2D eigenvalue weighted by Crippen LogP contribution is 2.26. The molecule has 1 saturated heterocycles. The average Bonchev–Trinajstić information content (AvgIpc) is 3.26. The molecule has 28 heavy (non-hydrogen) atoms. The zero-order valence-electron chi connectivity index (χ0n) is 15.7. The monoisotopic (exact) mass is 383 g/mol. The van der Waals surface area contributed by atoms with Gasteiger partial charge in [0, 0.05) is 31.9 Å². The number of imide groups is 1. The number of benzene rings is 1. The predicted molar refractivity (Wildman–Crippen MR) is 100 cm³/mol. The standard InChI is InChI=1S/C20H21N3O5/c1-13-5-7-15(8-6-13)23-11-14(10-18(23)25)20(27)28-12-17(24)21-19(26)16-4-3-9-22(16)2/h3-9,14H,10-12H2,1-2H3,(H,21,24,26)/t14-/m1/s1. The summed E-state index contributed by atoms with van der Waals surface area (Å²) in [5.41, 5.74) is 2.11. The number of aryl methyl sites for hydroxylation is 2. The maximum atomic E-state index is 12.2. The highest BCUT2D eigenvalue weighted by Gasteiger charge is 2.36. The number of anilines is 1. The molecule has 1 atom stereocenters. The maximum absolute atomic E-state index is 12.2. The fourth-order valence-electron chi connectivity index (χ4n) is 3.02. The van der Waals surface area contributed by atoms with E-state index in [2.05, 4.69) is 5.32 Å². The highest BCUT2D eigenvalue weighted by molar-refractivity contribution is 6.04. The van der Waals surface area contributed by atoms with Gasteiger partial charge in [0.15, 0.2) is 6.61 Å². The van der Waals surface area contributed by atoms with Crippen LogP contribution in [0.2, 0.25) is 0 Å². The molecule has 0 unspecified atom stereocenters. The number of amides is 3. The third-order valence-electron chi connectivity index (χ3n) is 4.58. The Labute approximate surface area is 162 Å². The number of hydrogen-bond acceptors (Lipinski definition) is 5. The first-order chi connectivity index (χ1) is 13.3. The van der Waals surface area contributed by atoms with E-state index in [0.717, 1.165) is 11.3 Å². The summed E-state index contributed by atoms with van der Waals surface area (Å²) in [7, 11) is 1.68. The molecule has 1 N–H and O–H groups in total. The van der Waals surface area contributed by atoms with Crippen LogP contribution in [-0.2, 0) is 26.2 Å². The minimum absolute atomic E-state index is 0.0244. The van der Waals surface area contributed by atoms with E-state index in [4.69, 9.17) is 4.74 Å². The van der Waals surface area contributed by atoms with Crippen LogP contribution in [0.3, 0.4) is 0 Å². The van der Waals surface area contributed by atoms with Crippen LogP contribution < -0.4 is 10.2 Å². The Bertz CT molecular complexity index is 916. The first-order valence-corrected chi connectivity index (χ1v) is 8.84. The second-order valence-corrected chi connectivity index (χ2v) is 6.73. The number of ether oxygens (including phenoxy) is 1. The fraction of sp³-hybridized carbons (Fsp3) is 0.300. The maximum Gasteiger partial charge on any atom is 0.311 e. The SMILES string of the molecule is Cc1ccc(N2C[C@H](C(=O)OCC(=O)NC(=O)c3cccn3C)CC2=O)cc1. The van der Waals surface area contributed by atoms with E-state index < -0.39 is 30.3 Å². The van der Waals surface area contributed by atoms with Gasteiger partial charge in [-0.1, -0.05) is 17.7 Å². The van der Waals surface area contributed by atoms with Crippen LogP contribution in [0.15, 0.2) is 42.6 Å². The summed E-state index contributed by atoms with van der Waals surface area (Å²) in [6.45, 7) is 1.57. The average molecular weight is 383 g/mol. The molecule has 0 spiro atoms. The summed E-state index contributed by atoms with van der Waals surface area (Å²) >= 11 is 0. The molecule has 1 aliphatic rings. The smallest absolute Gasteiger partial charge is 0.311 e. The van der Waals surface area contributed by atoms with E-state index in [0.29, 0.717) is 5.69 Å². The van der Waals surface area contributed by atoms with Crippen molar-refractivity contribution >= 4 is 29.4 Å². The van der Waals surface area contributed by atoms with Gasteiger partial charge in [0.2, 0.25) is 5.91 Å². The number of nitrogens with zero attached hydrogens (tertiary/aromatic N) is 2. The third kappa shape index (κ3) is 4.28. The second kappa shape index (κ2) is 8.08. The number of hydrogen-bond donors (Lipinski definition) is 1. The number of carbonyl (C=O) groups excluding carboxylic acids is 4. The van der Waals surface area contributed by atoms with Crippen molar-refractivity contribution in [2.75, 3.05) is 18.1 Å². The summed E-state index contributed by atoms with van der Waals surface area (Å²) in [4.78, 5) is 49.8. The van der Waals surface area contributed by atoms with Crippen LogP contribution in [-0.4, -0.2) is 41.4 Å². The molecule has 0 saturated carbocycles. The number of carbonyl (C=O) groups is 4. The van der Waals surface area contributed by atoms with Gasteiger partial charge in [-0.05, 0) is 31.2 Å². The molecule has 1 fully saturated rings. The molecule has 0 aliphatic carbocycles. The topological polar surface area (TPSA) is 97.7 Å². The summed E-state index contributed by atoms with van der Waals surface area (Å²) in [6, 6.07) is 10.7. The molecule has 2 aromatic rings. The Kier molecular flexibility index (Phi) is 5.58. The molecule has 3 rings (SSSR count). The Morgan fingerprint density at radius 3 is 2.54 bits per heavy atom. The Hall–Kier alpha value is -3.42. The molecule has 8 heteroatoms. The van der Waals surface area contributed by atoms with Crippen LogP contribution in [0.4, 0.5) is 5.69 Å². The van der Waals surface area contributed by atoms with Gasteiger partial charge < -0.3 is 14.2 Å². The van der Waals surface area contributed by atoms with Crippen molar-refractivity contribution in [1.82, 2.24) is 9.88 Å². The van der Waals surface area contributed by atoms with Crippen molar-refractivity contribution in [3.63, 3.8) is 0 Å². The normalized spacial score (nSPS) is 16.1. The van der Waals surface area contributed by atoms with Crippen LogP contribution in [0.25, 0.3) is 0 Å². The van der Waals surface area contributed by atoms with Crippen molar-refractivity contribution in [1.29, 1.82) is 0 Å². The molecule has 0 radical (unpaired) electrons. The molecule has 0 bridgehead atoms. The lowest BCUT2D eigenvalue weighted by atomic mass is 10.1. The van der Waals surface area contributed by atoms with Gasteiger partial charge in [0.05, 0.1) is 5.92 Å². The fourth-order valence-corrected chi connectivity index (χ4v) is 3.02. The summed E-state index contributed by atoms with van der Waals surface area (Å²) < 4.78 is 6.57. The predicted octanol–water partition coefficient (Wildman–Crippen LogP) is 1.19. The molecule has 1 aromatic heterocycles.